The van der Waals surface area contributed by atoms with Gasteiger partial charge in [0.15, 0.2) is 11.5 Å². The number of rotatable bonds is 10. The van der Waals surface area contributed by atoms with Gasteiger partial charge >= 0.3 is 0 Å². The van der Waals surface area contributed by atoms with E-state index in [1.807, 2.05) is 18.3 Å². The summed E-state index contributed by atoms with van der Waals surface area (Å²) in [5.74, 6) is -0.270. The van der Waals surface area contributed by atoms with E-state index in [0.717, 1.165) is 5.56 Å². The highest BCUT2D eigenvalue weighted by atomic mass is 16.6. The third-order valence-electron chi connectivity index (χ3n) is 4.36. The Labute approximate surface area is 178 Å². The van der Waals surface area contributed by atoms with Gasteiger partial charge in [0.25, 0.3) is 11.6 Å². The van der Waals surface area contributed by atoms with Crippen LogP contribution in [-0.4, -0.2) is 48.0 Å². The smallest absolute Gasteiger partial charge is 0.286 e. The summed E-state index contributed by atoms with van der Waals surface area (Å²) in [5.41, 5.74) is 0.885. The van der Waals surface area contributed by atoms with Crippen molar-refractivity contribution in [3.63, 3.8) is 0 Å². The van der Waals surface area contributed by atoms with Crippen LogP contribution < -0.4 is 14.8 Å². The number of aromatic nitrogens is 2. The zero-order valence-corrected chi connectivity index (χ0v) is 17.1. The Hall–Kier alpha value is -3.92. The fourth-order valence-electron chi connectivity index (χ4n) is 2.92. The van der Waals surface area contributed by atoms with Crippen LogP contribution in [0.2, 0.25) is 0 Å². The van der Waals surface area contributed by atoms with E-state index in [-0.39, 0.29) is 23.7 Å². The van der Waals surface area contributed by atoms with Crippen molar-refractivity contribution in [1.82, 2.24) is 9.78 Å². The average Bonchev–Trinajstić information content (AvgIpc) is 3.26. The molecule has 3 rings (SSSR count). The molecule has 0 saturated carbocycles. The predicted octanol–water partition coefficient (Wildman–Crippen LogP) is 3.13. The monoisotopic (exact) mass is 426 g/mol. The number of benzene rings is 2. The lowest BCUT2D eigenvalue weighted by atomic mass is 10.1. The molecule has 0 fully saturated rings. The van der Waals surface area contributed by atoms with Crippen molar-refractivity contribution < 1.29 is 23.9 Å². The first-order valence-corrected chi connectivity index (χ1v) is 9.37. The zero-order chi connectivity index (χ0) is 22.2. The molecule has 31 heavy (non-hydrogen) atoms. The van der Waals surface area contributed by atoms with Gasteiger partial charge in [-0.25, -0.2) is 0 Å². The molecule has 1 amide bonds. The molecular weight excluding hydrogens is 404 g/mol. The number of carbonyl (C=O) groups is 1. The second-order valence-corrected chi connectivity index (χ2v) is 6.48. The first kappa shape index (κ1) is 21.8. The molecule has 10 nitrogen and oxygen atoms in total. The Morgan fingerprint density at radius 3 is 2.68 bits per heavy atom. The molecular formula is C21H22N4O6. The van der Waals surface area contributed by atoms with Crippen molar-refractivity contribution in [1.29, 1.82) is 0 Å². The predicted molar refractivity (Wildman–Crippen MR) is 113 cm³/mol. The first-order valence-electron chi connectivity index (χ1n) is 9.37. The highest BCUT2D eigenvalue weighted by Gasteiger charge is 2.25. The first-order chi connectivity index (χ1) is 15.0. The summed E-state index contributed by atoms with van der Waals surface area (Å²) < 4.78 is 17.4. The molecule has 0 spiro atoms. The highest BCUT2D eigenvalue weighted by molar-refractivity contribution is 6.07. The van der Waals surface area contributed by atoms with Crippen LogP contribution in [0.15, 0.2) is 54.9 Å². The number of anilines is 1. The molecule has 0 aliphatic heterocycles. The molecule has 0 saturated heterocycles. The number of amides is 1. The highest BCUT2D eigenvalue weighted by Crippen LogP contribution is 2.35. The lowest BCUT2D eigenvalue weighted by Crippen LogP contribution is -2.15. The number of nitrogens with one attached hydrogen (secondary N) is 1. The molecule has 2 aromatic carbocycles. The second kappa shape index (κ2) is 10.2. The Kier molecular flexibility index (Phi) is 7.17. The standard InChI is InChI=1S/C21H22N4O6/c1-29-9-10-31-20-13-18(25(27)28)17(12-19(20)30-2)21(26)23-16-6-3-5-15(11-16)14-24-8-4-7-22-24/h3-8,11-13H,9-10,14H2,1-2H3,(H,23,26). The van der Waals surface area contributed by atoms with Crippen molar-refractivity contribution >= 4 is 17.3 Å². The van der Waals surface area contributed by atoms with Gasteiger partial charge in [0.05, 0.1) is 31.3 Å². The lowest BCUT2D eigenvalue weighted by Gasteiger charge is -2.13. The molecule has 10 heteroatoms. The summed E-state index contributed by atoms with van der Waals surface area (Å²) in [5, 5.41) is 18.4. The maximum absolute atomic E-state index is 12.9. The van der Waals surface area contributed by atoms with Crippen molar-refractivity contribution in [3.8, 4) is 11.5 Å². The van der Waals surface area contributed by atoms with Crippen LogP contribution in [0.4, 0.5) is 11.4 Å². The van der Waals surface area contributed by atoms with Gasteiger partial charge in [-0.3, -0.25) is 19.6 Å². The van der Waals surface area contributed by atoms with E-state index >= 15 is 0 Å². The van der Waals surface area contributed by atoms with Gasteiger partial charge in [0.2, 0.25) is 0 Å². The minimum atomic E-state index is -0.635. The minimum absolute atomic E-state index is 0.140. The molecule has 0 aliphatic rings. The molecule has 3 aromatic rings. The van der Waals surface area contributed by atoms with E-state index in [0.29, 0.717) is 18.8 Å². The SMILES string of the molecule is COCCOc1cc([N+](=O)[O-])c(C(=O)Nc2cccc(Cn3cccn3)c2)cc1OC. The summed E-state index contributed by atoms with van der Waals surface area (Å²) in [7, 11) is 2.91. The van der Waals surface area contributed by atoms with Crippen molar-refractivity contribution in [2.45, 2.75) is 6.54 Å². The second-order valence-electron chi connectivity index (χ2n) is 6.48. The van der Waals surface area contributed by atoms with E-state index in [1.54, 1.807) is 29.1 Å². The normalized spacial score (nSPS) is 10.5. The average molecular weight is 426 g/mol. The van der Waals surface area contributed by atoms with Crippen LogP contribution in [0.3, 0.4) is 0 Å². The van der Waals surface area contributed by atoms with Crippen LogP contribution >= 0.6 is 0 Å². The van der Waals surface area contributed by atoms with Gasteiger partial charge in [-0.05, 0) is 23.8 Å². The maximum atomic E-state index is 12.9. The van der Waals surface area contributed by atoms with Crippen molar-refractivity contribution in [2.24, 2.45) is 0 Å². The molecule has 1 N–H and O–H groups in total. The molecule has 0 radical (unpaired) electrons. The lowest BCUT2D eigenvalue weighted by molar-refractivity contribution is -0.385. The zero-order valence-electron chi connectivity index (χ0n) is 17.1. The van der Waals surface area contributed by atoms with Gasteiger partial charge in [-0.1, -0.05) is 12.1 Å². The third-order valence-corrected chi connectivity index (χ3v) is 4.36. The summed E-state index contributed by atoms with van der Waals surface area (Å²) in [6.45, 7) is 1.00. The third kappa shape index (κ3) is 5.58. The Bertz CT molecular complexity index is 1050. The van der Waals surface area contributed by atoms with Crippen molar-refractivity contribution in [2.75, 3.05) is 32.8 Å². The van der Waals surface area contributed by atoms with Crippen LogP contribution in [-0.2, 0) is 11.3 Å². The van der Waals surface area contributed by atoms with Gasteiger partial charge in [-0.2, -0.15) is 5.10 Å². The summed E-state index contributed by atoms with van der Waals surface area (Å²) in [6, 6.07) is 11.5. The largest absolute Gasteiger partial charge is 0.493 e. The maximum Gasteiger partial charge on any atom is 0.286 e. The quantitative estimate of drug-likeness (QED) is 0.301. The summed E-state index contributed by atoms with van der Waals surface area (Å²) in [6.07, 6.45) is 3.51. The Balaban J connectivity index is 1.84. The fraction of sp³-hybridized carbons (Fsp3) is 0.238. The van der Waals surface area contributed by atoms with Crippen LogP contribution in [0.25, 0.3) is 0 Å². The summed E-state index contributed by atoms with van der Waals surface area (Å²) in [4.78, 5) is 23.8. The van der Waals surface area contributed by atoms with Crippen LogP contribution in [0.5, 0.6) is 11.5 Å². The number of nitrogens with zero attached hydrogens (tertiary/aromatic N) is 3. The molecule has 0 aliphatic carbocycles. The van der Waals surface area contributed by atoms with Crippen LogP contribution in [0, 0.1) is 10.1 Å². The minimum Gasteiger partial charge on any atom is -0.493 e. The Morgan fingerprint density at radius 2 is 2.00 bits per heavy atom. The number of ether oxygens (including phenoxy) is 3. The van der Waals surface area contributed by atoms with E-state index in [9.17, 15) is 14.9 Å². The van der Waals surface area contributed by atoms with Crippen LogP contribution in [0.1, 0.15) is 15.9 Å². The van der Waals surface area contributed by atoms with E-state index in [4.69, 9.17) is 14.2 Å². The number of nitro benzene ring substituents is 1. The molecule has 1 aromatic heterocycles. The van der Waals surface area contributed by atoms with E-state index < -0.39 is 16.5 Å². The molecule has 162 valence electrons. The molecule has 1 heterocycles. The van der Waals surface area contributed by atoms with Gasteiger partial charge in [0, 0.05) is 31.3 Å². The van der Waals surface area contributed by atoms with E-state index in [1.165, 1.54) is 26.4 Å². The van der Waals surface area contributed by atoms with Gasteiger partial charge < -0.3 is 19.5 Å². The van der Waals surface area contributed by atoms with Gasteiger partial charge in [0.1, 0.15) is 12.2 Å². The summed E-state index contributed by atoms with van der Waals surface area (Å²) >= 11 is 0. The molecule has 0 atom stereocenters. The number of hydrogen-bond acceptors (Lipinski definition) is 7. The number of hydrogen-bond donors (Lipinski definition) is 1. The number of methoxy groups -OCH3 is 2. The molecule has 0 bridgehead atoms. The topological polar surface area (TPSA) is 118 Å². The van der Waals surface area contributed by atoms with Gasteiger partial charge in [-0.15, -0.1) is 0 Å². The Morgan fingerprint density at radius 1 is 1.16 bits per heavy atom. The number of nitro groups is 1. The van der Waals surface area contributed by atoms with Crippen molar-refractivity contribution in [3.05, 3.63) is 76.1 Å². The fourth-order valence-corrected chi connectivity index (χ4v) is 2.92. The number of carbonyl (C=O) groups excluding carboxylic acids is 1. The van der Waals surface area contributed by atoms with E-state index in [2.05, 4.69) is 10.4 Å². The molecule has 0 unspecified atom stereocenters.